The molecule has 2 aromatic carbocycles. The van der Waals surface area contributed by atoms with Gasteiger partial charge in [-0.05, 0) is 67.6 Å². The molecule has 3 heteroatoms. The smallest absolute Gasteiger partial charge is 0.119 e. The second-order valence-electron chi connectivity index (χ2n) is 6.89. The standard InChI is InChI=1S/C22H31NO2/c1-5-18(4)25-22-10-6-19(7-11-22)16-23-20-8-12-21(13-9-20)24-15-14-17(2)3/h6-13,17-18,23H,5,14-16H2,1-4H3. The van der Waals surface area contributed by atoms with Crippen molar-refractivity contribution in [3.05, 3.63) is 54.1 Å². The third-order valence-corrected chi connectivity index (χ3v) is 4.15. The lowest BCUT2D eigenvalue weighted by molar-refractivity contribution is 0.217. The number of ether oxygens (including phenoxy) is 2. The zero-order valence-electron chi connectivity index (χ0n) is 15.9. The summed E-state index contributed by atoms with van der Waals surface area (Å²) < 4.78 is 11.6. The van der Waals surface area contributed by atoms with Crippen LogP contribution in [-0.4, -0.2) is 12.7 Å². The zero-order valence-corrected chi connectivity index (χ0v) is 15.9. The molecule has 0 aliphatic carbocycles. The van der Waals surface area contributed by atoms with Crippen LogP contribution in [-0.2, 0) is 6.54 Å². The summed E-state index contributed by atoms with van der Waals surface area (Å²) in [6.07, 6.45) is 2.35. The minimum absolute atomic E-state index is 0.255. The van der Waals surface area contributed by atoms with Crippen LogP contribution in [0.15, 0.2) is 48.5 Å². The highest BCUT2D eigenvalue weighted by atomic mass is 16.5. The molecule has 0 amide bonds. The SMILES string of the molecule is CCC(C)Oc1ccc(CNc2ccc(OCCC(C)C)cc2)cc1. The third kappa shape index (κ3) is 7.08. The van der Waals surface area contributed by atoms with E-state index in [1.54, 1.807) is 0 Å². The Morgan fingerprint density at radius 3 is 2.12 bits per heavy atom. The van der Waals surface area contributed by atoms with Crippen LogP contribution in [0.2, 0.25) is 0 Å². The van der Waals surface area contributed by atoms with Gasteiger partial charge >= 0.3 is 0 Å². The summed E-state index contributed by atoms with van der Waals surface area (Å²) in [6, 6.07) is 16.4. The maximum atomic E-state index is 5.81. The topological polar surface area (TPSA) is 30.5 Å². The zero-order chi connectivity index (χ0) is 18.1. The predicted octanol–water partition coefficient (Wildman–Crippen LogP) is 5.90. The molecule has 1 N–H and O–H groups in total. The van der Waals surface area contributed by atoms with Crippen molar-refractivity contribution < 1.29 is 9.47 Å². The molecule has 2 rings (SSSR count). The highest BCUT2D eigenvalue weighted by Gasteiger charge is 2.02. The fourth-order valence-corrected chi connectivity index (χ4v) is 2.29. The van der Waals surface area contributed by atoms with Crippen LogP contribution >= 0.6 is 0 Å². The maximum absolute atomic E-state index is 5.81. The first-order valence-electron chi connectivity index (χ1n) is 9.29. The lowest BCUT2D eigenvalue weighted by atomic mass is 10.1. The predicted molar refractivity (Wildman–Crippen MR) is 106 cm³/mol. The monoisotopic (exact) mass is 341 g/mol. The van der Waals surface area contributed by atoms with E-state index in [1.807, 2.05) is 24.3 Å². The van der Waals surface area contributed by atoms with Crippen molar-refractivity contribution in [3.63, 3.8) is 0 Å². The maximum Gasteiger partial charge on any atom is 0.119 e. The quantitative estimate of drug-likeness (QED) is 0.583. The van der Waals surface area contributed by atoms with Gasteiger partial charge in [0.15, 0.2) is 0 Å². The molecular formula is C22H31NO2. The van der Waals surface area contributed by atoms with Crippen LogP contribution in [0.1, 0.15) is 46.1 Å². The van der Waals surface area contributed by atoms with Crippen molar-refractivity contribution in [2.24, 2.45) is 5.92 Å². The normalized spacial score (nSPS) is 12.0. The minimum atomic E-state index is 0.255. The van der Waals surface area contributed by atoms with E-state index in [0.29, 0.717) is 5.92 Å². The summed E-state index contributed by atoms with van der Waals surface area (Å²) in [7, 11) is 0. The highest BCUT2D eigenvalue weighted by Crippen LogP contribution is 2.19. The number of rotatable bonds is 10. The van der Waals surface area contributed by atoms with Crippen LogP contribution in [0.3, 0.4) is 0 Å². The Morgan fingerprint density at radius 2 is 1.52 bits per heavy atom. The average molecular weight is 341 g/mol. The molecule has 3 nitrogen and oxygen atoms in total. The summed E-state index contributed by atoms with van der Waals surface area (Å²) in [4.78, 5) is 0. The van der Waals surface area contributed by atoms with E-state index in [-0.39, 0.29) is 6.10 Å². The molecule has 0 saturated heterocycles. The molecule has 0 aromatic heterocycles. The molecule has 0 radical (unpaired) electrons. The first kappa shape index (κ1) is 19.2. The van der Waals surface area contributed by atoms with Crippen molar-refractivity contribution in [1.82, 2.24) is 0 Å². The lowest BCUT2D eigenvalue weighted by Crippen LogP contribution is -2.09. The van der Waals surface area contributed by atoms with E-state index in [2.05, 4.69) is 57.3 Å². The molecule has 0 aliphatic rings. The van der Waals surface area contributed by atoms with Crippen molar-refractivity contribution >= 4 is 5.69 Å². The fourth-order valence-electron chi connectivity index (χ4n) is 2.29. The molecule has 1 unspecified atom stereocenters. The number of hydrogen-bond donors (Lipinski definition) is 1. The molecule has 0 spiro atoms. The van der Waals surface area contributed by atoms with Crippen LogP contribution in [0.4, 0.5) is 5.69 Å². The van der Waals surface area contributed by atoms with E-state index in [0.717, 1.165) is 43.2 Å². The van der Waals surface area contributed by atoms with Crippen LogP contribution in [0, 0.1) is 5.92 Å². The number of hydrogen-bond acceptors (Lipinski definition) is 3. The van der Waals surface area contributed by atoms with Crippen molar-refractivity contribution in [3.8, 4) is 11.5 Å². The summed E-state index contributed by atoms with van der Waals surface area (Å²) >= 11 is 0. The first-order valence-corrected chi connectivity index (χ1v) is 9.29. The molecular weight excluding hydrogens is 310 g/mol. The van der Waals surface area contributed by atoms with Crippen LogP contribution in [0.25, 0.3) is 0 Å². The summed E-state index contributed by atoms with van der Waals surface area (Å²) in [5.74, 6) is 2.53. The Balaban J connectivity index is 1.78. The van der Waals surface area contributed by atoms with E-state index in [4.69, 9.17) is 9.47 Å². The molecule has 0 saturated carbocycles. The van der Waals surface area contributed by atoms with E-state index in [1.165, 1.54) is 5.56 Å². The van der Waals surface area contributed by atoms with Crippen LogP contribution < -0.4 is 14.8 Å². The number of benzene rings is 2. The van der Waals surface area contributed by atoms with Gasteiger partial charge in [-0.1, -0.05) is 32.9 Å². The molecule has 136 valence electrons. The molecule has 1 atom stereocenters. The van der Waals surface area contributed by atoms with Gasteiger partial charge in [0.2, 0.25) is 0 Å². The van der Waals surface area contributed by atoms with E-state index in [9.17, 15) is 0 Å². The molecule has 0 bridgehead atoms. The summed E-state index contributed by atoms with van der Waals surface area (Å²) in [5.41, 5.74) is 2.32. The molecule has 0 heterocycles. The molecule has 0 fully saturated rings. The molecule has 25 heavy (non-hydrogen) atoms. The largest absolute Gasteiger partial charge is 0.494 e. The Morgan fingerprint density at radius 1 is 0.880 bits per heavy atom. The third-order valence-electron chi connectivity index (χ3n) is 4.15. The van der Waals surface area contributed by atoms with Gasteiger partial charge in [-0.25, -0.2) is 0 Å². The van der Waals surface area contributed by atoms with Crippen LogP contribution in [0.5, 0.6) is 11.5 Å². The van der Waals surface area contributed by atoms with Crippen molar-refractivity contribution in [2.45, 2.75) is 53.2 Å². The summed E-state index contributed by atoms with van der Waals surface area (Å²) in [6.45, 7) is 10.2. The number of anilines is 1. The van der Waals surface area contributed by atoms with Gasteiger partial charge in [0.05, 0.1) is 12.7 Å². The Kier molecular flexibility index (Phi) is 7.65. The number of nitrogens with one attached hydrogen (secondary N) is 1. The first-order chi connectivity index (χ1) is 12.1. The summed E-state index contributed by atoms with van der Waals surface area (Å²) in [5, 5.41) is 3.44. The highest BCUT2D eigenvalue weighted by molar-refractivity contribution is 5.47. The second-order valence-corrected chi connectivity index (χ2v) is 6.89. The second kappa shape index (κ2) is 9.97. The minimum Gasteiger partial charge on any atom is -0.494 e. The van der Waals surface area contributed by atoms with Crippen molar-refractivity contribution in [1.29, 1.82) is 0 Å². The van der Waals surface area contributed by atoms with Gasteiger partial charge in [0.1, 0.15) is 11.5 Å². The van der Waals surface area contributed by atoms with E-state index < -0.39 is 0 Å². The van der Waals surface area contributed by atoms with Crippen molar-refractivity contribution in [2.75, 3.05) is 11.9 Å². The molecule has 0 aliphatic heterocycles. The Labute approximate surface area is 152 Å². The fraction of sp³-hybridized carbons (Fsp3) is 0.455. The Bertz CT molecular complexity index is 605. The van der Waals surface area contributed by atoms with Gasteiger partial charge in [0.25, 0.3) is 0 Å². The molecule has 2 aromatic rings. The average Bonchev–Trinajstić information content (AvgIpc) is 2.62. The lowest BCUT2D eigenvalue weighted by Gasteiger charge is -2.13. The van der Waals surface area contributed by atoms with Gasteiger partial charge in [-0.15, -0.1) is 0 Å². The van der Waals surface area contributed by atoms with Gasteiger partial charge < -0.3 is 14.8 Å². The Hall–Kier alpha value is -2.16. The van der Waals surface area contributed by atoms with Gasteiger partial charge in [-0.2, -0.15) is 0 Å². The van der Waals surface area contributed by atoms with Gasteiger partial charge in [-0.3, -0.25) is 0 Å². The van der Waals surface area contributed by atoms with E-state index >= 15 is 0 Å². The van der Waals surface area contributed by atoms with Gasteiger partial charge in [0, 0.05) is 12.2 Å².